The molecule has 0 aliphatic rings. The van der Waals surface area contributed by atoms with Crippen LogP contribution in [0.15, 0.2) is 60.9 Å². The third-order valence-corrected chi connectivity index (χ3v) is 4.60. The largest absolute Gasteiger partial charge is 0.497 e. The lowest BCUT2D eigenvalue weighted by Crippen LogP contribution is -2.15. The average Bonchev–Trinajstić information content (AvgIpc) is 3.28. The van der Waals surface area contributed by atoms with Gasteiger partial charge in [-0.2, -0.15) is 9.90 Å². The fourth-order valence-corrected chi connectivity index (χ4v) is 3.14. The summed E-state index contributed by atoms with van der Waals surface area (Å²) in [6.07, 6.45) is 3.85. The van der Waals surface area contributed by atoms with Crippen LogP contribution >= 0.6 is 0 Å². The first-order valence-electron chi connectivity index (χ1n) is 8.97. The zero-order valence-corrected chi connectivity index (χ0v) is 15.8. The second kappa shape index (κ2) is 7.56. The molecule has 28 heavy (non-hydrogen) atoms. The van der Waals surface area contributed by atoms with Crippen LogP contribution in [-0.2, 0) is 24.8 Å². The van der Waals surface area contributed by atoms with Gasteiger partial charge in [0, 0.05) is 18.8 Å². The van der Waals surface area contributed by atoms with E-state index in [0.717, 1.165) is 27.8 Å². The molecular weight excluding hydrogens is 354 g/mol. The van der Waals surface area contributed by atoms with Gasteiger partial charge in [0.05, 0.1) is 26.3 Å². The molecule has 0 atom stereocenters. The predicted octanol–water partition coefficient (Wildman–Crippen LogP) is 3.01. The van der Waals surface area contributed by atoms with E-state index in [1.165, 1.54) is 0 Å². The Hall–Kier alpha value is -3.61. The monoisotopic (exact) mass is 375 g/mol. The van der Waals surface area contributed by atoms with Crippen LogP contribution in [0.3, 0.4) is 0 Å². The Bertz CT molecular complexity index is 1110. The number of anilines is 1. The van der Waals surface area contributed by atoms with Crippen LogP contribution in [0.25, 0.3) is 10.9 Å². The molecule has 7 heteroatoms. The normalized spacial score (nSPS) is 10.9. The van der Waals surface area contributed by atoms with E-state index in [4.69, 9.17) is 4.74 Å². The number of hydrogen-bond acceptors (Lipinski definition) is 4. The number of aromatic nitrogens is 4. The van der Waals surface area contributed by atoms with E-state index < -0.39 is 0 Å². The minimum atomic E-state index is -0.119. The van der Waals surface area contributed by atoms with Crippen LogP contribution < -0.4 is 10.1 Å². The summed E-state index contributed by atoms with van der Waals surface area (Å²) in [5.74, 6) is 1.13. The summed E-state index contributed by atoms with van der Waals surface area (Å²) in [7, 11) is 3.64. The summed E-state index contributed by atoms with van der Waals surface area (Å²) in [6.45, 7) is 0.518. The first-order chi connectivity index (χ1) is 13.6. The van der Waals surface area contributed by atoms with E-state index in [0.29, 0.717) is 12.4 Å². The average molecular weight is 375 g/mol. The van der Waals surface area contributed by atoms with Gasteiger partial charge in [-0.3, -0.25) is 4.79 Å². The Morgan fingerprint density at radius 3 is 2.68 bits per heavy atom. The summed E-state index contributed by atoms with van der Waals surface area (Å²) >= 11 is 0. The number of amides is 1. The smallest absolute Gasteiger partial charge is 0.230 e. The molecule has 2 aromatic carbocycles. The zero-order valence-electron chi connectivity index (χ0n) is 15.8. The lowest BCUT2D eigenvalue weighted by Gasteiger charge is -2.04. The molecule has 0 spiro atoms. The number of nitrogens with one attached hydrogen (secondary N) is 1. The Labute approximate surface area is 162 Å². The van der Waals surface area contributed by atoms with Crippen molar-refractivity contribution in [2.24, 2.45) is 7.05 Å². The van der Waals surface area contributed by atoms with Gasteiger partial charge >= 0.3 is 0 Å². The van der Waals surface area contributed by atoms with Crippen molar-refractivity contribution >= 4 is 22.6 Å². The van der Waals surface area contributed by atoms with Crippen molar-refractivity contribution in [3.8, 4) is 5.75 Å². The highest BCUT2D eigenvalue weighted by Crippen LogP contribution is 2.17. The summed E-state index contributed by atoms with van der Waals surface area (Å²) in [5, 5.41) is 12.5. The van der Waals surface area contributed by atoms with E-state index in [9.17, 15) is 4.79 Å². The number of methoxy groups -OCH3 is 1. The first-order valence-corrected chi connectivity index (χ1v) is 8.97. The van der Waals surface area contributed by atoms with Gasteiger partial charge in [0.15, 0.2) is 5.82 Å². The quantitative estimate of drug-likeness (QED) is 0.562. The fourth-order valence-electron chi connectivity index (χ4n) is 3.14. The molecule has 4 aromatic rings. The number of fused-ring (bicyclic) bond motifs is 1. The molecular formula is C21H21N5O2. The van der Waals surface area contributed by atoms with Gasteiger partial charge in [-0.1, -0.05) is 18.2 Å². The van der Waals surface area contributed by atoms with Crippen molar-refractivity contribution in [3.63, 3.8) is 0 Å². The van der Waals surface area contributed by atoms with Crippen LogP contribution in [0.2, 0.25) is 0 Å². The van der Waals surface area contributed by atoms with Crippen LogP contribution in [-0.4, -0.2) is 32.6 Å². The van der Waals surface area contributed by atoms with Crippen molar-refractivity contribution in [3.05, 3.63) is 72.1 Å². The fraction of sp³-hybridized carbons (Fsp3) is 0.190. The van der Waals surface area contributed by atoms with Crippen LogP contribution in [0.5, 0.6) is 5.75 Å². The van der Waals surface area contributed by atoms with Crippen LogP contribution in [0.1, 0.15) is 11.1 Å². The molecule has 0 unspecified atom stereocenters. The maximum absolute atomic E-state index is 12.4. The van der Waals surface area contributed by atoms with Gasteiger partial charge in [0.25, 0.3) is 0 Å². The van der Waals surface area contributed by atoms with Crippen LogP contribution in [0, 0.1) is 0 Å². The van der Waals surface area contributed by atoms with Crippen molar-refractivity contribution in [1.29, 1.82) is 0 Å². The van der Waals surface area contributed by atoms with E-state index >= 15 is 0 Å². The number of benzene rings is 2. The second-order valence-electron chi connectivity index (χ2n) is 6.65. The molecule has 7 nitrogen and oxygen atoms in total. The molecule has 0 saturated carbocycles. The van der Waals surface area contributed by atoms with Crippen molar-refractivity contribution < 1.29 is 9.53 Å². The Morgan fingerprint density at radius 1 is 1.11 bits per heavy atom. The van der Waals surface area contributed by atoms with Gasteiger partial charge in [0.2, 0.25) is 5.91 Å². The Kier molecular flexibility index (Phi) is 4.80. The van der Waals surface area contributed by atoms with Gasteiger partial charge in [0.1, 0.15) is 5.75 Å². The first kappa shape index (κ1) is 17.8. The molecule has 142 valence electrons. The van der Waals surface area contributed by atoms with Gasteiger partial charge in [-0.25, -0.2) is 0 Å². The van der Waals surface area contributed by atoms with Gasteiger partial charge < -0.3 is 14.6 Å². The second-order valence-corrected chi connectivity index (χ2v) is 6.65. The van der Waals surface area contributed by atoms with Gasteiger partial charge in [-0.05, 0) is 46.8 Å². The molecule has 2 heterocycles. The highest BCUT2D eigenvalue weighted by atomic mass is 16.5. The highest BCUT2D eigenvalue weighted by Gasteiger charge is 2.09. The van der Waals surface area contributed by atoms with Crippen molar-refractivity contribution in [2.75, 3.05) is 12.4 Å². The summed E-state index contributed by atoms with van der Waals surface area (Å²) in [6, 6.07) is 15.8. The number of ether oxygens (including phenoxy) is 1. The topological polar surface area (TPSA) is 74.0 Å². The third-order valence-electron chi connectivity index (χ3n) is 4.60. The molecule has 1 amide bonds. The van der Waals surface area contributed by atoms with E-state index in [1.807, 2.05) is 61.8 Å². The molecule has 0 saturated heterocycles. The number of aryl methyl sites for hydroxylation is 1. The molecule has 4 rings (SSSR count). The molecule has 1 N–H and O–H groups in total. The number of hydrogen-bond donors (Lipinski definition) is 1. The van der Waals surface area contributed by atoms with Gasteiger partial charge in [-0.15, -0.1) is 5.10 Å². The zero-order chi connectivity index (χ0) is 19.5. The number of rotatable bonds is 6. The third kappa shape index (κ3) is 3.88. The van der Waals surface area contributed by atoms with Crippen LogP contribution in [0.4, 0.5) is 5.82 Å². The Morgan fingerprint density at radius 2 is 1.89 bits per heavy atom. The minimum Gasteiger partial charge on any atom is -0.497 e. The van der Waals surface area contributed by atoms with E-state index in [-0.39, 0.29) is 12.3 Å². The maximum atomic E-state index is 12.4. The molecule has 0 bridgehead atoms. The van der Waals surface area contributed by atoms with E-state index in [1.54, 1.807) is 18.1 Å². The van der Waals surface area contributed by atoms with Crippen molar-refractivity contribution in [1.82, 2.24) is 19.6 Å². The SMILES string of the molecule is COc1ccc(Cn2ncc(NC(=O)Cc3ccc4c(ccn4C)c3)n2)cc1. The summed E-state index contributed by atoms with van der Waals surface area (Å²) < 4.78 is 7.21. The van der Waals surface area contributed by atoms with Crippen molar-refractivity contribution in [2.45, 2.75) is 13.0 Å². The summed E-state index contributed by atoms with van der Waals surface area (Å²) in [4.78, 5) is 13.9. The number of carbonyl (C=O) groups excluding carboxylic acids is 1. The molecule has 0 aliphatic carbocycles. The Balaban J connectivity index is 1.37. The number of carbonyl (C=O) groups is 1. The number of nitrogens with zero attached hydrogens (tertiary/aromatic N) is 4. The summed E-state index contributed by atoms with van der Waals surface area (Å²) in [5.41, 5.74) is 3.15. The molecule has 0 fully saturated rings. The minimum absolute atomic E-state index is 0.119. The molecule has 2 aromatic heterocycles. The lowest BCUT2D eigenvalue weighted by molar-refractivity contribution is -0.115. The highest BCUT2D eigenvalue weighted by molar-refractivity contribution is 5.92. The molecule has 0 radical (unpaired) electrons. The predicted molar refractivity (Wildman–Crippen MR) is 107 cm³/mol. The standard InChI is InChI=1S/C21H21N5O2/c1-25-10-9-17-11-16(5-8-19(17)25)12-21(27)23-20-13-22-26(24-20)14-15-3-6-18(28-2)7-4-15/h3-11,13H,12,14H2,1-2H3,(H,23,24,27). The molecule has 0 aliphatic heterocycles. The maximum Gasteiger partial charge on any atom is 0.230 e. The lowest BCUT2D eigenvalue weighted by atomic mass is 10.1. The van der Waals surface area contributed by atoms with E-state index in [2.05, 4.69) is 20.1 Å².